The Kier molecular flexibility index (Phi) is 9.23. The first kappa shape index (κ1) is 21.8. The molecule has 0 radical (unpaired) electrons. The summed E-state index contributed by atoms with van der Waals surface area (Å²) < 4.78 is 10.6. The Balaban J connectivity index is 0.000000527. The summed E-state index contributed by atoms with van der Waals surface area (Å²) in [5.74, 6) is 0.0727. The van der Waals surface area contributed by atoms with Crippen molar-refractivity contribution in [2.45, 2.75) is 26.9 Å². The molecule has 0 fully saturated rings. The standard InChI is InChI=1S/C16H16O5.C6H10/c1-10-9-12(17)5-8-14(10)21-15(16(18)19)11-3-6-13(20-2)7-4-11;1-3-5-6-4-2/h3-9,15,17H,1-2H3,(H,18,19);3-6H,1-2H3/b;5-3-,6-4-. The molecule has 0 aliphatic heterocycles. The van der Waals surface area contributed by atoms with Gasteiger partial charge in [0.05, 0.1) is 7.11 Å². The van der Waals surface area contributed by atoms with Crippen molar-refractivity contribution in [1.82, 2.24) is 0 Å². The van der Waals surface area contributed by atoms with Crippen molar-refractivity contribution in [3.63, 3.8) is 0 Å². The van der Waals surface area contributed by atoms with Gasteiger partial charge in [-0.2, -0.15) is 0 Å². The second kappa shape index (κ2) is 11.4. The largest absolute Gasteiger partial charge is 0.508 e. The third-order valence-corrected chi connectivity index (χ3v) is 3.54. The number of aromatic hydroxyl groups is 1. The molecular weight excluding hydrogens is 344 g/mol. The first-order valence-corrected chi connectivity index (χ1v) is 8.49. The fourth-order valence-electron chi connectivity index (χ4n) is 2.15. The predicted molar refractivity (Wildman–Crippen MR) is 106 cm³/mol. The van der Waals surface area contributed by atoms with Crippen LogP contribution in [0.1, 0.15) is 31.1 Å². The van der Waals surface area contributed by atoms with Crippen molar-refractivity contribution in [1.29, 1.82) is 0 Å². The van der Waals surface area contributed by atoms with Crippen molar-refractivity contribution in [2.24, 2.45) is 0 Å². The molecular formula is C22H26O5. The zero-order valence-electron chi connectivity index (χ0n) is 16.0. The molecule has 0 spiro atoms. The normalized spacial score (nSPS) is 11.7. The van der Waals surface area contributed by atoms with Crippen molar-refractivity contribution in [3.8, 4) is 17.2 Å². The van der Waals surface area contributed by atoms with Gasteiger partial charge in [-0.3, -0.25) is 0 Å². The topological polar surface area (TPSA) is 76.0 Å². The van der Waals surface area contributed by atoms with Crippen LogP contribution in [0.15, 0.2) is 66.8 Å². The van der Waals surface area contributed by atoms with Crippen molar-refractivity contribution >= 4 is 5.97 Å². The van der Waals surface area contributed by atoms with Gasteiger partial charge in [-0.1, -0.05) is 36.4 Å². The van der Waals surface area contributed by atoms with Crippen LogP contribution in [0, 0.1) is 6.92 Å². The maximum absolute atomic E-state index is 11.4. The van der Waals surface area contributed by atoms with Crippen LogP contribution >= 0.6 is 0 Å². The van der Waals surface area contributed by atoms with E-state index in [2.05, 4.69) is 0 Å². The molecule has 1 unspecified atom stereocenters. The minimum Gasteiger partial charge on any atom is -0.508 e. The number of carbonyl (C=O) groups is 1. The van der Waals surface area contributed by atoms with Gasteiger partial charge in [0.15, 0.2) is 0 Å². The summed E-state index contributed by atoms with van der Waals surface area (Å²) in [7, 11) is 1.54. The van der Waals surface area contributed by atoms with Crippen LogP contribution in [0.2, 0.25) is 0 Å². The highest BCUT2D eigenvalue weighted by molar-refractivity contribution is 5.75. The fraction of sp³-hybridized carbons (Fsp3) is 0.227. The summed E-state index contributed by atoms with van der Waals surface area (Å²) in [5.41, 5.74) is 1.17. The van der Waals surface area contributed by atoms with E-state index >= 15 is 0 Å². The molecule has 2 rings (SSSR count). The Labute approximate surface area is 160 Å². The summed E-state index contributed by atoms with van der Waals surface area (Å²) >= 11 is 0. The van der Waals surface area contributed by atoms with Gasteiger partial charge >= 0.3 is 5.97 Å². The molecule has 2 aromatic rings. The molecule has 2 N–H and O–H groups in total. The monoisotopic (exact) mass is 370 g/mol. The average Bonchev–Trinajstić information content (AvgIpc) is 2.66. The summed E-state index contributed by atoms with van der Waals surface area (Å²) in [6.07, 6.45) is 6.87. The highest BCUT2D eigenvalue weighted by Gasteiger charge is 2.22. The molecule has 0 bridgehead atoms. The zero-order chi connectivity index (χ0) is 20.2. The number of carboxylic acid groups (broad SMARTS) is 1. The molecule has 0 saturated heterocycles. The summed E-state index contributed by atoms with van der Waals surface area (Å²) in [6, 6.07) is 11.2. The Morgan fingerprint density at radius 1 is 1.04 bits per heavy atom. The lowest BCUT2D eigenvalue weighted by Crippen LogP contribution is -2.18. The second-order valence-corrected chi connectivity index (χ2v) is 5.61. The summed E-state index contributed by atoms with van der Waals surface area (Å²) in [5, 5.41) is 18.7. The Morgan fingerprint density at radius 2 is 1.63 bits per heavy atom. The Hall–Kier alpha value is -3.21. The van der Waals surface area contributed by atoms with E-state index in [-0.39, 0.29) is 5.75 Å². The number of carboxylic acids is 1. The first-order chi connectivity index (χ1) is 12.9. The van der Waals surface area contributed by atoms with Gasteiger partial charge in [-0.05, 0) is 56.7 Å². The third kappa shape index (κ3) is 7.28. The van der Waals surface area contributed by atoms with Crippen molar-refractivity contribution in [2.75, 3.05) is 7.11 Å². The number of allylic oxidation sites excluding steroid dienone is 4. The molecule has 144 valence electrons. The van der Waals surface area contributed by atoms with E-state index in [1.54, 1.807) is 44.4 Å². The summed E-state index contributed by atoms with van der Waals surface area (Å²) in [6.45, 7) is 5.74. The Bertz CT molecular complexity index is 766. The number of hydrogen-bond donors (Lipinski definition) is 2. The molecule has 0 saturated carbocycles. The van der Waals surface area contributed by atoms with E-state index in [4.69, 9.17) is 9.47 Å². The second-order valence-electron chi connectivity index (χ2n) is 5.61. The molecule has 0 aromatic heterocycles. The lowest BCUT2D eigenvalue weighted by atomic mass is 10.1. The number of phenols is 1. The number of hydrogen-bond acceptors (Lipinski definition) is 4. The molecule has 5 heteroatoms. The van der Waals surface area contributed by atoms with Gasteiger partial charge in [0.25, 0.3) is 0 Å². The maximum atomic E-state index is 11.4. The van der Waals surface area contributed by atoms with Crippen LogP contribution < -0.4 is 9.47 Å². The number of aliphatic carboxylic acids is 1. The van der Waals surface area contributed by atoms with E-state index in [0.29, 0.717) is 22.6 Å². The van der Waals surface area contributed by atoms with Crippen LogP contribution in [0.5, 0.6) is 17.2 Å². The van der Waals surface area contributed by atoms with Crippen molar-refractivity contribution < 1.29 is 24.5 Å². The van der Waals surface area contributed by atoms with Gasteiger partial charge in [-0.15, -0.1) is 0 Å². The molecule has 0 aliphatic rings. The van der Waals surface area contributed by atoms with Crippen LogP contribution in [0.3, 0.4) is 0 Å². The first-order valence-electron chi connectivity index (χ1n) is 8.49. The van der Waals surface area contributed by atoms with E-state index in [0.717, 1.165) is 0 Å². The third-order valence-electron chi connectivity index (χ3n) is 3.54. The van der Waals surface area contributed by atoms with Crippen LogP contribution in [0.25, 0.3) is 0 Å². The van der Waals surface area contributed by atoms with Crippen LogP contribution in [-0.4, -0.2) is 23.3 Å². The van der Waals surface area contributed by atoms with Gasteiger partial charge in [-0.25, -0.2) is 4.79 Å². The predicted octanol–water partition coefficient (Wildman–Crippen LogP) is 5.05. The van der Waals surface area contributed by atoms with E-state index in [1.807, 2.05) is 38.2 Å². The lowest BCUT2D eigenvalue weighted by Gasteiger charge is -2.17. The molecule has 27 heavy (non-hydrogen) atoms. The number of rotatable bonds is 6. The molecule has 1 atom stereocenters. The highest BCUT2D eigenvalue weighted by Crippen LogP contribution is 2.28. The minimum atomic E-state index is -1.13. The highest BCUT2D eigenvalue weighted by atomic mass is 16.5. The minimum absolute atomic E-state index is 0.108. The van der Waals surface area contributed by atoms with E-state index < -0.39 is 12.1 Å². The van der Waals surface area contributed by atoms with E-state index in [1.165, 1.54) is 12.1 Å². The van der Waals surface area contributed by atoms with Gasteiger partial charge in [0.2, 0.25) is 6.10 Å². The van der Waals surface area contributed by atoms with Crippen LogP contribution in [-0.2, 0) is 4.79 Å². The van der Waals surface area contributed by atoms with Crippen molar-refractivity contribution in [3.05, 3.63) is 77.9 Å². The number of aryl methyl sites for hydroxylation is 1. The number of ether oxygens (including phenoxy) is 2. The zero-order valence-corrected chi connectivity index (χ0v) is 16.0. The van der Waals surface area contributed by atoms with Gasteiger partial charge in [0.1, 0.15) is 17.2 Å². The smallest absolute Gasteiger partial charge is 0.349 e. The lowest BCUT2D eigenvalue weighted by molar-refractivity contribution is -0.145. The Morgan fingerprint density at radius 3 is 2.07 bits per heavy atom. The SMILES string of the molecule is C/C=C\C=C/C.COc1ccc(C(Oc2ccc(O)cc2C)C(=O)O)cc1. The van der Waals surface area contributed by atoms with E-state index in [9.17, 15) is 15.0 Å². The molecule has 5 nitrogen and oxygen atoms in total. The number of methoxy groups -OCH3 is 1. The summed E-state index contributed by atoms with van der Waals surface area (Å²) in [4.78, 5) is 11.4. The van der Waals surface area contributed by atoms with Gasteiger partial charge in [0, 0.05) is 5.56 Å². The number of benzene rings is 2. The molecule has 0 aliphatic carbocycles. The molecule has 2 aromatic carbocycles. The average molecular weight is 370 g/mol. The maximum Gasteiger partial charge on any atom is 0.349 e. The van der Waals surface area contributed by atoms with Gasteiger partial charge < -0.3 is 19.7 Å². The van der Waals surface area contributed by atoms with Crippen LogP contribution in [0.4, 0.5) is 0 Å². The quantitative estimate of drug-likeness (QED) is 0.696. The molecule has 0 amide bonds. The molecule has 0 heterocycles. The fourth-order valence-corrected chi connectivity index (χ4v) is 2.15. The number of phenolic OH excluding ortho intramolecular Hbond substituents is 1.